The van der Waals surface area contributed by atoms with Crippen LogP contribution in [0.2, 0.25) is 0 Å². The van der Waals surface area contributed by atoms with Gasteiger partial charge in [-0.2, -0.15) is 0 Å². The van der Waals surface area contributed by atoms with Crippen LogP contribution in [0.3, 0.4) is 0 Å². The lowest BCUT2D eigenvalue weighted by Gasteiger charge is -2.20. The second-order valence-electron chi connectivity index (χ2n) is 5.09. The Kier molecular flexibility index (Phi) is 6.25. The van der Waals surface area contributed by atoms with Gasteiger partial charge < -0.3 is 4.90 Å². The third-order valence-electron chi connectivity index (χ3n) is 3.64. The van der Waals surface area contributed by atoms with Gasteiger partial charge in [0.2, 0.25) is 0 Å². The smallest absolute Gasteiger partial charge is 0.0416 e. The summed E-state index contributed by atoms with van der Waals surface area (Å²) in [6.07, 6.45) is 5.31. The Morgan fingerprint density at radius 3 is 2.40 bits per heavy atom. The van der Waals surface area contributed by atoms with Crippen LogP contribution in [0, 0.1) is 0 Å². The maximum atomic E-state index is 4.39. The van der Waals surface area contributed by atoms with Crippen molar-refractivity contribution in [2.45, 2.75) is 26.2 Å². The number of aryl methyl sites for hydroxylation is 1. The highest BCUT2D eigenvalue weighted by Crippen LogP contribution is 2.04. The van der Waals surface area contributed by atoms with Gasteiger partial charge in [0.05, 0.1) is 0 Å². The molecule has 20 heavy (non-hydrogen) atoms. The summed E-state index contributed by atoms with van der Waals surface area (Å²) in [4.78, 5) is 6.90. The lowest BCUT2D eigenvalue weighted by Crippen LogP contribution is -2.27. The molecular weight excluding hydrogens is 244 g/mol. The van der Waals surface area contributed by atoms with Gasteiger partial charge in [0, 0.05) is 24.9 Å². The fourth-order valence-corrected chi connectivity index (χ4v) is 2.40. The van der Waals surface area contributed by atoms with Crippen molar-refractivity contribution in [2.24, 2.45) is 0 Å². The SMILES string of the molecule is CCN(CCCc1ccccc1)CCc1ccccn1. The number of hydrogen-bond acceptors (Lipinski definition) is 2. The monoisotopic (exact) mass is 268 g/mol. The second-order valence-corrected chi connectivity index (χ2v) is 5.09. The van der Waals surface area contributed by atoms with Crippen LogP contribution < -0.4 is 0 Å². The average Bonchev–Trinajstić information content (AvgIpc) is 2.52. The van der Waals surface area contributed by atoms with E-state index in [1.54, 1.807) is 0 Å². The van der Waals surface area contributed by atoms with Gasteiger partial charge in [-0.1, -0.05) is 43.3 Å². The highest BCUT2D eigenvalue weighted by atomic mass is 15.1. The van der Waals surface area contributed by atoms with Gasteiger partial charge in [-0.3, -0.25) is 4.98 Å². The first-order valence-electron chi connectivity index (χ1n) is 7.54. The number of nitrogens with zero attached hydrogens (tertiary/aromatic N) is 2. The minimum atomic E-state index is 1.04. The van der Waals surface area contributed by atoms with Crippen LogP contribution in [0.4, 0.5) is 0 Å². The summed E-state index contributed by atoms with van der Waals surface area (Å²) < 4.78 is 0. The Hall–Kier alpha value is -1.67. The molecule has 2 aromatic rings. The third-order valence-corrected chi connectivity index (χ3v) is 3.64. The molecule has 0 N–H and O–H groups in total. The maximum Gasteiger partial charge on any atom is 0.0416 e. The zero-order chi connectivity index (χ0) is 14.0. The molecule has 0 radical (unpaired) electrons. The molecule has 0 atom stereocenters. The van der Waals surface area contributed by atoms with Crippen LogP contribution >= 0.6 is 0 Å². The van der Waals surface area contributed by atoms with E-state index in [1.807, 2.05) is 12.3 Å². The van der Waals surface area contributed by atoms with Crippen molar-refractivity contribution in [2.75, 3.05) is 19.6 Å². The Labute approximate surface area is 122 Å². The molecule has 0 saturated heterocycles. The summed E-state index contributed by atoms with van der Waals surface area (Å²) in [5.41, 5.74) is 2.63. The standard InChI is InChI=1S/C18H24N2/c1-2-20(16-13-18-12-6-7-14-19-18)15-8-11-17-9-4-3-5-10-17/h3-7,9-10,12,14H,2,8,11,13,15-16H2,1H3. The number of likely N-dealkylation sites (N-methyl/N-ethyl adjacent to an activating group) is 1. The Bertz CT molecular complexity index is 467. The molecule has 1 aromatic carbocycles. The molecule has 2 heteroatoms. The first kappa shape index (κ1) is 14.7. The van der Waals surface area contributed by atoms with Crippen LogP contribution in [-0.4, -0.2) is 29.5 Å². The van der Waals surface area contributed by atoms with Crippen molar-refractivity contribution in [3.8, 4) is 0 Å². The summed E-state index contributed by atoms with van der Waals surface area (Å²) >= 11 is 0. The van der Waals surface area contributed by atoms with Gasteiger partial charge in [0.1, 0.15) is 0 Å². The summed E-state index contributed by atoms with van der Waals surface area (Å²) in [5, 5.41) is 0. The summed E-state index contributed by atoms with van der Waals surface area (Å²) in [5.74, 6) is 0. The van der Waals surface area contributed by atoms with Gasteiger partial charge in [0.15, 0.2) is 0 Å². The number of benzene rings is 1. The largest absolute Gasteiger partial charge is 0.303 e. The summed E-state index contributed by atoms with van der Waals surface area (Å²) in [6.45, 7) is 5.61. The first-order chi connectivity index (χ1) is 9.88. The average molecular weight is 268 g/mol. The van der Waals surface area contributed by atoms with Crippen LogP contribution in [-0.2, 0) is 12.8 Å². The van der Waals surface area contributed by atoms with Crippen molar-refractivity contribution >= 4 is 0 Å². The van der Waals surface area contributed by atoms with Crippen molar-refractivity contribution in [3.63, 3.8) is 0 Å². The van der Waals surface area contributed by atoms with Crippen molar-refractivity contribution in [1.29, 1.82) is 0 Å². The molecule has 0 unspecified atom stereocenters. The molecule has 0 saturated carbocycles. The number of hydrogen-bond donors (Lipinski definition) is 0. The molecule has 1 heterocycles. The predicted molar refractivity (Wildman–Crippen MR) is 84.8 cm³/mol. The topological polar surface area (TPSA) is 16.1 Å². The molecule has 0 amide bonds. The normalized spacial score (nSPS) is 10.9. The van der Waals surface area contributed by atoms with Gasteiger partial charge in [-0.25, -0.2) is 0 Å². The molecule has 106 valence electrons. The van der Waals surface area contributed by atoms with Crippen LogP contribution in [0.15, 0.2) is 54.7 Å². The van der Waals surface area contributed by atoms with Crippen LogP contribution in [0.5, 0.6) is 0 Å². The van der Waals surface area contributed by atoms with Crippen molar-refractivity contribution < 1.29 is 0 Å². The van der Waals surface area contributed by atoms with Gasteiger partial charge in [0.25, 0.3) is 0 Å². The molecule has 1 aromatic heterocycles. The molecular formula is C18H24N2. The molecule has 0 aliphatic heterocycles. The van der Waals surface area contributed by atoms with Crippen LogP contribution in [0.1, 0.15) is 24.6 Å². The molecule has 2 rings (SSSR count). The molecule has 0 bridgehead atoms. The van der Waals surface area contributed by atoms with Crippen molar-refractivity contribution in [1.82, 2.24) is 9.88 Å². The van der Waals surface area contributed by atoms with Crippen LogP contribution in [0.25, 0.3) is 0 Å². The van der Waals surface area contributed by atoms with E-state index in [9.17, 15) is 0 Å². The Morgan fingerprint density at radius 1 is 0.900 bits per heavy atom. The van der Waals surface area contributed by atoms with Gasteiger partial charge in [-0.05, 0) is 43.6 Å². The fourth-order valence-electron chi connectivity index (χ4n) is 2.40. The molecule has 0 spiro atoms. The second kappa shape index (κ2) is 8.49. The third kappa shape index (κ3) is 5.14. The summed E-state index contributed by atoms with van der Waals surface area (Å²) in [6, 6.07) is 16.9. The maximum absolute atomic E-state index is 4.39. The quantitative estimate of drug-likeness (QED) is 0.727. The van der Waals surface area contributed by atoms with E-state index in [-0.39, 0.29) is 0 Å². The van der Waals surface area contributed by atoms with E-state index in [4.69, 9.17) is 0 Å². The van der Waals surface area contributed by atoms with E-state index in [0.29, 0.717) is 0 Å². The minimum absolute atomic E-state index is 1.04. The van der Waals surface area contributed by atoms with E-state index in [2.05, 4.69) is 59.3 Å². The van der Waals surface area contributed by atoms with Gasteiger partial charge >= 0.3 is 0 Å². The molecule has 0 aliphatic carbocycles. The zero-order valence-electron chi connectivity index (χ0n) is 12.3. The lowest BCUT2D eigenvalue weighted by molar-refractivity contribution is 0.287. The molecule has 0 fully saturated rings. The lowest BCUT2D eigenvalue weighted by atomic mass is 10.1. The van der Waals surface area contributed by atoms with Gasteiger partial charge in [-0.15, -0.1) is 0 Å². The highest BCUT2D eigenvalue weighted by Gasteiger charge is 2.03. The Morgan fingerprint density at radius 2 is 1.70 bits per heavy atom. The van der Waals surface area contributed by atoms with E-state index >= 15 is 0 Å². The zero-order valence-corrected chi connectivity index (χ0v) is 12.3. The van der Waals surface area contributed by atoms with E-state index < -0.39 is 0 Å². The minimum Gasteiger partial charge on any atom is -0.303 e. The first-order valence-corrected chi connectivity index (χ1v) is 7.54. The highest BCUT2D eigenvalue weighted by molar-refractivity contribution is 5.14. The van der Waals surface area contributed by atoms with E-state index in [0.717, 1.165) is 26.1 Å². The summed E-state index contributed by atoms with van der Waals surface area (Å²) in [7, 11) is 0. The van der Waals surface area contributed by atoms with E-state index in [1.165, 1.54) is 24.1 Å². The number of aromatic nitrogens is 1. The Balaban J connectivity index is 1.70. The molecule has 2 nitrogen and oxygen atoms in total. The predicted octanol–water partition coefficient (Wildman–Crippen LogP) is 3.58. The fraction of sp³-hybridized carbons (Fsp3) is 0.389. The number of pyridine rings is 1. The number of rotatable bonds is 8. The van der Waals surface area contributed by atoms with Crippen molar-refractivity contribution in [3.05, 3.63) is 66.0 Å². The molecule has 0 aliphatic rings.